The van der Waals surface area contributed by atoms with Crippen molar-refractivity contribution in [2.45, 2.75) is 69.5 Å². The van der Waals surface area contributed by atoms with Gasteiger partial charge in [0.1, 0.15) is 18.4 Å². The third kappa shape index (κ3) is 7.26. The van der Waals surface area contributed by atoms with Crippen molar-refractivity contribution >= 4 is 39.1 Å². The van der Waals surface area contributed by atoms with Crippen LogP contribution in [-0.2, 0) is 26.2 Å². The maximum Gasteiger partial charge on any atom is 0.264 e. The number of amides is 2. The second kappa shape index (κ2) is 13.5. The van der Waals surface area contributed by atoms with Crippen LogP contribution in [0.2, 0.25) is 5.02 Å². The molecule has 0 radical (unpaired) electrons. The zero-order valence-electron chi connectivity index (χ0n) is 23.2. The van der Waals surface area contributed by atoms with E-state index in [0.717, 1.165) is 36.4 Å². The lowest BCUT2D eigenvalue weighted by atomic mass is 9.95. The molecule has 0 heterocycles. The Morgan fingerprint density at radius 2 is 1.63 bits per heavy atom. The molecule has 0 bridgehead atoms. The van der Waals surface area contributed by atoms with Crippen molar-refractivity contribution in [1.29, 1.82) is 0 Å². The molecular formula is C31H35ClFN3O4S. The second-order valence-electron chi connectivity index (χ2n) is 10.3. The summed E-state index contributed by atoms with van der Waals surface area (Å²) in [6.45, 7) is 2.43. The van der Waals surface area contributed by atoms with E-state index in [4.69, 9.17) is 11.6 Å². The van der Waals surface area contributed by atoms with Gasteiger partial charge in [0.05, 0.1) is 10.6 Å². The van der Waals surface area contributed by atoms with Crippen molar-refractivity contribution in [3.05, 3.63) is 94.8 Å². The molecule has 4 rings (SSSR count). The SMILES string of the molecule is Cc1c(Cl)cccc1N(CC(=O)N(Cc1ccccc1F)C(C)C(=O)NC1CCCCC1)S(=O)(=O)c1ccccc1. The van der Waals surface area contributed by atoms with Crippen LogP contribution in [0.5, 0.6) is 0 Å². The Morgan fingerprint density at radius 3 is 2.32 bits per heavy atom. The van der Waals surface area contributed by atoms with Gasteiger partial charge in [-0.1, -0.05) is 73.3 Å². The fraction of sp³-hybridized carbons (Fsp3) is 0.355. The summed E-state index contributed by atoms with van der Waals surface area (Å²) in [5, 5.41) is 3.38. The summed E-state index contributed by atoms with van der Waals surface area (Å²) in [7, 11) is -4.22. The van der Waals surface area contributed by atoms with Crippen LogP contribution in [0.1, 0.15) is 50.2 Å². The van der Waals surface area contributed by atoms with Crippen molar-refractivity contribution in [3.8, 4) is 0 Å². The number of carbonyl (C=O) groups is 2. The van der Waals surface area contributed by atoms with Crippen LogP contribution < -0.4 is 9.62 Å². The van der Waals surface area contributed by atoms with Crippen LogP contribution in [0.4, 0.5) is 10.1 Å². The minimum absolute atomic E-state index is 0.00378. The first-order valence-corrected chi connectivity index (χ1v) is 15.6. The van der Waals surface area contributed by atoms with E-state index in [9.17, 15) is 22.4 Å². The summed E-state index contributed by atoms with van der Waals surface area (Å²) in [5.41, 5.74) is 0.930. The summed E-state index contributed by atoms with van der Waals surface area (Å²) in [5.74, 6) is -1.54. The number of carbonyl (C=O) groups excluding carboxylic acids is 2. The van der Waals surface area contributed by atoms with Gasteiger partial charge in [-0.2, -0.15) is 0 Å². The number of rotatable bonds is 10. The quantitative estimate of drug-likeness (QED) is 0.317. The monoisotopic (exact) mass is 599 g/mol. The van der Waals surface area contributed by atoms with E-state index in [1.165, 1.54) is 23.1 Å². The molecule has 10 heteroatoms. The van der Waals surface area contributed by atoms with Gasteiger partial charge in [-0.3, -0.25) is 13.9 Å². The Morgan fingerprint density at radius 1 is 0.976 bits per heavy atom. The van der Waals surface area contributed by atoms with Crippen molar-refractivity contribution < 1.29 is 22.4 Å². The molecule has 2 amide bonds. The normalized spacial score (nSPS) is 14.7. The molecule has 1 atom stereocenters. The van der Waals surface area contributed by atoms with Crippen molar-refractivity contribution in [2.75, 3.05) is 10.8 Å². The number of hydrogen-bond acceptors (Lipinski definition) is 4. The molecule has 41 heavy (non-hydrogen) atoms. The Bertz CT molecular complexity index is 1480. The molecule has 1 saturated carbocycles. The second-order valence-corrected chi connectivity index (χ2v) is 12.6. The fourth-order valence-electron chi connectivity index (χ4n) is 5.06. The Kier molecular flexibility index (Phi) is 10.0. The highest BCUT2D eigenvalue weighted by Gasteiger charge is 2.34. The van der Waals surface area contributed by atoms with Crippen LogP contribution in [0.3, 0.4) is 0 Å². The zero-order chi connectivity index (χ0) is 29.6. The molecule has 218 valence electrons. The van der Waals surface area contributed by atoms with E-state index in [0.29, 0.717) is 10.6 Å². The highest BCUT2D eigenvalue weighted by Crippen LogP contribution is 2.31. The van der Waals surface area contributed by atoms with Gasteiger partial charge in [-0.15, -0.1) is 0 Å². The van der Waals surface area contributed by atoms with Gasteiger partial charge in [0.2, 0.25) is 11.8 Å². The van der Waals surface area contributed by atoms with Crippen molar-refractivity contribution in [2.24, 2.45) is 0 Å². The van der Waals surface area contributed by atoms with E-state index < -0.39 is 34.3 Å². The lowest BCUT2D eigenvalue weighted by Gasteiger charge is -2.33. The molecule has 3 aromatic carbocycles. The molecule has 0 aliphatic heterocycles. The first kappa shape index (κ1) is 30.5. The number of anilines is 1. The highest BCUT2D eigenvalue weighted by molar-refractivity contribution is 7.92. The average molecular weight is 600 g/mol. The number of sulfonamides is 1. The van der Waals surface area contributed by atoms with Crippen LogP contribution in [0, 0.1) is 12.7 Å². The number of halogens is 2. The summed E-state index contributed by atoms with van der Waals surface area (Å²) in [6, 6.07) is 17.7. The summed E-state index contributed by atoms with van der Waals surface area (Å²) < 4.78 is 43.5. The Hall–Kier alpha value is -3.43. The van der Waals surface area contributed by atoms with Crippen LogP contribution in [0.15, 0.2) is 77.7 Å². The summed E-state index contributed by atoms with van der Waals surface area (Å²) >= 11 is 6.35. The maximum atomic E-state index is 14.7. The molecule has 0 aromatic heterocycles. The first-order valence-electron chi connectivity index (χ1n) is 13.8. The average Bonchev–Trinajstić information content (AvgIpc) is 2.97. The fourth-order valence-corrected chi connectivity index (χ4v) is 6.72. The molecule has 7 nitrogen and oxygen atoms in total. The van der Waals surface area contributed by atoms with Crippen molar-refractivity contribution in [1.82, 2.24) is 10.2 Å². The smallest absolute Gasteiger partial charge is 0.264 e. The molecule has 1 unspecified atom stereocenters. The van der Waals surface area contributed by atoms with Gasteiger partial charge in [-0.05, 0) is 62.6 Å². The minimum atomic E-state index is -4.22. The third-order valence-electron chi connectivity index (χ3n) is 7.54. The Balaban J connectivity index is 1.71. The molecule has 1 aliphatic carbocycles. The first-order chi connectivity index (χ1) is 19.6. The summed E-state index contributed by atoms with van der Waals surface area (Å²) in [6.07, 6.45) is 4.87. The van der Waals surface area contributed by atoms with E-state index in [1.807, 2.05) is 0 Å². The standard InChI is InChI=1S/C31H35ClFN3O4S/c1-22-27(32)17-11-19-29(22)36(41(39,40)26-15-7-4-8-16-26)21-30(37)35(20-24-12-9-10-18-28(24)33)23(2)31(38)34-25-13-5-3-6-14-25/h4,7-12,15-19,23,25H,3,5-6,13-14,20-21H2,1-2H3,(H,34,38). The van der Waals surface area contributed by atoms with Crippen molar-refractivity contribution in [3.63, 3.8) is 0 Å². The topological polar surface area (TPSA) is 86.8 Å². The van der Waals surface area contributed by atoms with Crippen LogP contribution >= 0.6 is 11.6 Å². The van der Waals surface area contributed by atoms with Gasteiger partial charge < -0.3 is 10.2 Å². The minimum Gasteiger partial charge on any atom is -0.352 e. The predicted octanol–water partition coefficient (Wildman–Crippen LogP) is 5.85. The third-order valence-corrected chi connectivity index (χ3v) is 9.72. The number of nitrogens with zero attached hydrogens (tertiary/aromatic N) is 2. The van der Waals surface area contributed by atoms with E-state index in [1.54, 1.807) is 68.4 Å². The molecule has 3 aromatic rings. The van der Waals surface area contributed by atoms with Gasteiger partial charge in [0, 0.05) is 23.2 Å². The lowest BCUT2D eigenvalue weighted by molar-refractivity contribution is -0.139. The van der Waals surface area contributed by atoms with Gasteiger partial charge in [0.15, 0.2) is 0 Å². The summed E-state index contributed by atoms with van der Waals surface area (Å²) in [4.78, 5) is 28.6. The molecular weight excluding hydrogens is 565 g/mol. The van der Waals surface area contributed by atoms with Gasteiger partial charge in [0.25, 0.3) is 10.0 Å². The molecule has 1 aliphatic rings. The largest absolute Gasteiger partial charge is 0.352 e. The molecule has 0 spiro atoms. The maximum absolute atomic E-state index is 14.7. The van der Waals surface area contributed by atoms with E-state index in [2.05, 4.69) is 5.32 Å². The van der Waals surface area contributed by atoms with E-state index >= 15 is 0 Å². The number of hydrogen-bond donors (Lipinski definition) is 1. The lowest BCUT2D eigenvalue weighted by Crippen LogP contribution is -2.53. The highest BCUT2D eigenvalue weighted by atomic mass is 35.5. The van der Waals surface area contributed by atoms with Gasteiger partial charge >= 0.3 is 0 Å². The zero-order valence-corrected chi connectivity index (χ0v) is 24.8. The molecule has 1 N–H and O–H groups in total. The molecule has 0 saturated heterocycles. The van der Waals surface area contributed by atoms with Gasteiger partial charge in [-0.25, -0.2) is 12.8 Å². The molecule has 1 fully saturated rings. The van der Waals surface area contributed by atoms with E-state index in [-0.39, 0.29) is 34.6 Å². The number of nitrogens with one attached hydrogen (secondary N) is 1. The Labute approximate surface area is 246 Å². The number of benzene rings is 3. The van der Waals surface area contributed by atoms with Crippen LogP contribution in [0.25, 0.3) is 0 Å². The predicted molar refractivity (Wildman–Crippen MR) is 159 cm³/mol. The van der Waals surface area contributed by atoms with Crippen LogP contribution in [-0.4, -0.2) is 43.8 Å².